The predicted molar refractivity (Wildman–Crippen MR) is 94.6 cm³/mol. The predicted octanol–water partition coefficient (Wildman–Crippen LogP) is 3.87. The van der Waals surface area contributed by atoms with Gasteiger partial charge in [0.25, 0.3) is 0 Å². The quantitative estimate of drug-likeness (QED) is 0.820. The van der Waals surface area contributed by atoms with Gasteiger partial charge in [0.1, 0.15) is 17.4 Å². The summed E-state index contributed by atoms with van der Waals surface area (Å²) in [5.41, 5.74) is 6.74. The molecule has 0 saturated heterocycles. The van der Waals surface area contributed by atoms with E-state index in [0.717, 1.165) is 31.2 Å². The molecule has 1 aromatic rings. The van der Waals surface area contributed by atoms with Crippen LogP contribution in [0.4, 0.5) is 0 Å². The second-order valence-electron chi connectivity index (χ2n) is 6.46. The molecule has 1 heterocycles. The number of nitrogens with one attached hydrogen (secondary N) is 1. The van der Waals surface area contributed by atoms with Crippen LogP contribution in [-0.2, 0) is 4.79 Å². The Balaban J connectivity index is 0.00000192. The molecule has 3 atom stereocenters. The Morgan fingerprint density at radius 2 is 2.13 bits per heavy atom. The summed E-state index contributed by atoms with van der Waals surface area (Å²) < 4.78 is 5.60. The summed E-state index contributed by atoms with van der Waals surface area (Å²) in [4.78, 5) is 12.6. The van der Waals surface area contributed by atoms with E-state index in [4.69, 9.17) is 33.7 Å². The van der Waals surface area contributed by atoms with Crippen molar-refractivity contribution in [3.63, 3.8) is 0 Å². The lowest BCUT2D eigenvalue weighted by Crippen LogP contribution is -2.53. The van der Waals surface area contributed by atoms with Gasteiger partial charge >= 0.3 is 0 Å². The molecular weight excluding hydrogens is 359 g/mol. The molecule has 3 unspecified atom stereocenters. The Morgan fingerprint density at radius 1 is 1.39 bits per heavy atom. The highest BCUT2D eigenvalue weighted by atomic mass is 35.5. The lowest BCUT2D eigenvalue weighted by atomic mass is 9.74. The standard InChI is InChI=1S/C16H20Cl2N2O2.ClH/c1-16(19)7-3-2-4-10(16)15(21)20-12-8-22-14-9(12)5-6-11(17)13(14)18;/h5-6,10,12H,2-4,7-8,19H2,1H3,(H,20,21);1H. The Hall–Kier alpha value is -0.680. The fourth-order valence-electron chi connectivity index (χ4n) is 3.41. The summed E-state index contributed by atoms with van der Waals surface area (Å²) in [6.45, 7) is 2.33. The van der Waals surface area contributed by atoms with E-state index in [9.17, 15) is 4.79 Å². The first-order chi connectivity index (χ1) is 10.4. The van der Waals surface area contributed by atoms with E-state index in [1.807, 2.05) is 13.0 Å². The Bertz CT molecular complexity index is 607. The van der Waals surface area contributed by atoms with Gasteiger partial charge in [-0.15, -0.1) is 12.4 Å². The molecule has 3 rings (SSSR count). The van der Waals surface area contributed by atoms with Crippen molar-refractivity contribution in [1.82, 2.24) is 5.32 Å². The Morgan fingerprint density at radius 3 is 2.83 bits per heavy atom. The van der Waals surface area contributed by atoms with Crippen molar-refractivity contribution in [2.24, 2.45) is 11.7 Å². The zero-order chi connectivity index (χ0) is 15.9. The maximum atomic E-state index is 12.6. The second-order valence-corrected chi connectivity index (χ2v) is 7.24. The van der Waals surface area contributed by atoms with Gasteiger partial charge in [0.05, 0.1) is 17.0 Å². The number of amides is 1. The minimum absolute atomic E-state index is 0. The molecule has 0 aromatic heterocycles. The lowest BCUT2D eigenvalue weighted by molar-refractivity contribution is -0.129. The van der Waals surface area contributed by atoms with E-state index in [0.29, 0.717) is 22.4 Å². The van der Waals surface area contributed by atoms with E-state index < -0.39 is 5.54 Å². The van der Waals surface area contributed by atoms with Gasteiger partial charge in [-0.3, -0.25) is 4.79 Å². The van der Waals surface area contributed by atoms with Crippen molar-refractivity contribution in [2.45, 2.75) is 44.2 Å². The summed E-state index contributed by atoms with van der Waals surface area (Å²) >= 11 is 12.1. The van der Waals surface area contributed by atoms with E-state index in [1.165, 1.54) is 0 Å². The number of carbonyl (C=O) groups is 1. The number of benzene rings is 1. The molecule has 4 nitrogen and oxygen atoms in total. The first kappa shape index (κ1) is 18.7. The molecule has 1 fully saturated rings. The maximum absolute atomic E-state index is 12.6. The minimum Gasteiger partial charge on any atom is -0.489 e. The first-order valence-corrected chi connectivity index (χ1v) is 8.35. The summed E-state index contributed by atoms with van der Waals surface area (Å²) in [6, 6.07) is 3.38. The average molecular weight is 380 g/mol. The van der Waals surface area contributed by atoms with Gasteiger partial charge in [0.15, 0.2) is 0 Å². The van der Waals surface area contributed by atoms with Crippen molar-refractivity contribution in [2.75, 3.05) is 6.61 Å². The highest BCUT2D eigenvalue weighted by Gasteiger charge is 2.39. The van der Waals surface area contributed by atoms with Crippen molar-refractivity contribution in [3.05, 3.63) is 27.7 Å². The van der Waals surface area contributed by atoms with Gasteiger partial charge in [-0.1, -0.05) is 42.1 Å². The molecule has 1 aliphatic heterocycles. The van der Waals surface area contributed by atoms with Gasteiger partial charge in [0, 0.05) is 11.1 Å². The van der Waals surface area contributed by atoms with Crippen molar-refractivity contribution in [3.8, 4) is 5.75 Å². The third-order valence-electron chi connectivity index (χ3n) is 4.74. The van der Waals surface area contributed by atoms with Crippen LogP contribution in [0.2, 0.25) is 10.0 Å². The van der Waals surface area contributed by atoms with Gasteiger partial charge in [-0.05, 0) is 25.8 Å². The molecule has 0 radical (unpaired) electrons. The van der Waals surface area contributed by atoms with Crippen LogP contribution in [0.3, 0.4) is 0 Å². The molecule has 3 N–H and O–H groups in total. The van der Waals surface area contributed by atoms with Crippen LogP contribution >= 0.6 is 35.6 Å². The van der Waals surface area contributed by atoms with Crippen LogP contribution in [0.5, 0.6) is 5.75 Å². The number of fused-ring (bicyclic) bond motifs is 1. The summed E-state index contributed by atoms with van der Waals surface area (Å²) in [5.74, 6) is 0.406. The topological polar surface area (TPSA) is 64.4 Å². The monoisotopic (exact) mass is 378 g/mol. The number of rotatable bonds is 2. The second kappa shape index (κ2) is 7.06. The molecule has 1 aliphatic carbocycles. The molecule has 1 saturated carbocycles. The smallest absolute Gasteiger partial charge is 0.225 e. The normalized spacial score (nSPS) is 29.2. The summed E-state index contributed by atoms with van der Waals surface area (Å²) in [6.07, 6.45) is 3.84. The van der Waals surface area contributed by atoms with Crippen LogP contribution in [0.1, 0.15) is 44.2 Å². The molecule has 23 heavy (non-hydrogen) atoms. The van der Waals surface area contributed by atoms with E-state index >= 15 is 0 Å². The van der Waals surface area contributed by atoms with Crippen LogP contribution in [0, 0.1) is 5.92 Å². The van der Waals surface area contributed by atoms with Crippen molar-refractivity contribution < 1.29 is 9.53 Å². The zero-order valence-electron chi connectivity index (χ0n) is 12.9. The number of ether oxygens (including phenoxy) is 1. The minimum atomic E-state index is -0.442. The van der Waals surface area contributed by atoms with Crippen LogP contribution in [-0.4, -0.2) is 18.1 Å². The van der Waals surface area contributed by atoms with E-state index in [1.54, 1.807) is 6.07 Å². The van der Waals surface area contributed by atoms with Crippen LogP contribution in [0.25, 0.3) is 0 Å². The van der Waals surface area contributed by atoms with Gasteiger partial charge in [0.2, 0.25) is 5.91 Å². The average Bonchev–Trinajstić information content (AvgIpc) is 2.86. The third-order valence-corrected chi connectivity index (χ3v) is 5.52. The molecule has 2 aliphatic rings. The molecular formula is C16H21Cl3N2O2. The number of hydrogen-bond acceptors (Lipinski definition) is 3. The number of halogens is 3. The van der Waals surface area contributed by atoms with Crippen LogP contribution < -0.4 is 15.8 Å². The van der Waals surface area contributed by atoms with Gasteiger partial charge < -0.3 is 15.8 Å². The zero-order valence-corrected chi connectivity index (χ0v) is 15.2. The lowest BCUT2D eigenvalue weighted by Gasteiger charge is -2.37. The molecule has 0 bridgehead atoms. The first-order valence-electron chi connectivity index (χ1n) is 7.60. The van der Waals surface area contributed by atoms with Gasteiger partial charge in [-0.2, -0.15) is 0 Å². The highest BCUT2D eigenvalue weighted by molar-refractivity contribution is 6.43. The molecule has 1 aromatic carbocycles. The van der Waals surface area contributed by atoms with Crippen LogP contribution in [0.15, 0.2) is 12.1 Å². The largest absolute Gasteiger partial charge is 0.489 e. The molecule has 128 valence electrons. The SMILES string of the molecule is CC1(N)CCCCC1C(=O)NC1COc2c1ccc(Cl)c2Cl.Cl. The number of carbonyl (C=O) groups excluding carboxylic acids is 1. The summed E-state index contributed by atoms with van der Waals surface area (Å²) in [5, 5.41) is 3.91. The molecule has 0 spiro atoms. The Labute approximate surface area is 152 Å². The van der Waals surface area contributed by atoms with E-state index in [-0.39, 0.29) is 30.3 Å². The molecule has 1 amide bonds. The third kappa shape index (κ3) is 3.55. The van der Waals surface area contributed by atoms with Gasteiger partial charge in [-0.25, -0.2) is 0 Å². The number of hydrogen-bond donors (Lipinski definition) is 2. The number of nitrogens with two attached hydrogens (primary N) is 1. The fraction of sp³-hybridized carbons (Fsp3) is 0.562. The highest BCUT2D eigenvalue weighted by Crippen LogP contribution is 2.42. The maximum Gasteiger partial charge on any atom is 0.225 e. The molecule has 7 heteroatoms. The van der Waals surface area contributed by atoms with Crippen molar-refractivity contribution in [1.29, 1.82) is 0 Å². The Kier molecular flexibility index (Phi) is 5.72. The summed E-state index contributed by atoms with van der Waals surface area (Å²) in [7, 11) is 0. The van der Waals surface area contributed by atoms with Crippen molar-refractivity contribution >= 4 is 41.5 Å². The fourth-order valence-corrected chi connectivity index (χ4v) is 3.78. The van der Waals surface area contributed by atoms with E-state index in [2.05, 4.69) is 5.32 Å².